The Bertz CT molecular complexity index is 1670. The van der Waals surface area contributed by atoms with E-state index >= 15 is 0 Å². The van der Waals surface area contributed by atoms with Gasteiger partial charge in [0.1, 0.15) is 0 Å². The predicted octanol–water partition coefficient (Wildman–Crippen LogP) is 9.27. The van der Waals surface area contributed by atoms with Gasteiger partial charge in [-0.05, 0) is 72.6 Å². The molecule has 0 saturated carbocycles. The summed E-state index contributed by atoms with van der Waals surface area (Å²) in [5.41, 5.74) is 6.82. The van der Waals surface area contributed by atoms with E-state index in [1.807, 2.05) is 0 Å². The third-order valence-corrected chi connectivity index (χ3v) is 7.38. The molecule has 0 spiro atoms. The third-order valence-electron chi connectivity index (χ3n) is 7.38. The van der Waals surface area contributed by atoms with E-state index < -0.39 is 0 Å². The van der Waals surface area contributed by atoms with Crippen LogP contribution in [0.1, 0.15) is 12.0 Å². The standard InChI is InChI=1S/C34H24/c1-3-11-25-21-27(19-17-23(25)9-1)33-29-13-5-7-15-31(29)34(32-16-8-6-14-30(32)33)28-20-18-24-10-2-4-12-26(24)22-28/h1-21,26H,22H2. The minimum atomic E-state index is 0.461. The summed E-state index contributed by atoms with van der Waals surface area (Å²) in [5.74, 6) is 0.461. The van der Waals surface area contributed by atoms with E-state index in [1.165, 1.54) is 60.2 Å². The first-order valence-electron chi connectivity index (χ1n) is 12.1. The number of fused-ring (bicyclic) bond motifs is 4. The monoisotopic (exact) mass is 432 g/mol. The van der Waals surface area contributed by atoms with Crippen LogP contribution in [0.2, 0.25) is 0 Å². The van der Waals surface area contributed by atoms with Gasteiger partial charge in [-0.15, -0.1) is 0 Å². The molecule has 0 fully saturated rings. The highest BCUT2D eigenvalue weighted by molar-refractivity contribution is 6.19. The summed E-state index contributed by atoms with van der Waals surface area (Å²) in [6, 6.07) is 33.4. The van der Waals surface area contributed by atoms with E-state index in [4.69, 9.17) is 0 Å². The second-order valence-corrected chi connectivity index (χ2v) is 9.32. The van der Waals surface area contributed by atoms with E-state index in [9.17, 15) is 0 Å². The maximum absolute atomic E-state index is 2.35. The number of hydrogen-bond acceptors (Lipinski definition) is 0. The molecule has 1 atom stereocenters. The van der Waals surface area contributed by atoms with Crippen molar-refractivity contribution in [3.05, 3.63) is 139 Å². The molecular weight excluding hydrogens is 408 g/mol. The Morgan fingerprint density at radius 3 is 1.94 bits per heavy atom. The van der Waals surface area contributed by atoms with Gasteiger partial charge in [0.2, 0.25) is 0 Å². The Morgan fingerprint density at radius 1 is 0.559 bits per heavy atom. The first kappa shape index (κ1) is 19.3. The van der Waals surface area contributed by atoms with Crippen LogP contribution in [0.4, 0.5) is 0 Å². The molecule has 2 aliphatic rings. The second kappa shape index (κ2) is 7.71. The van der Waals surface area contributed by atoms with E-state index in [-0.39, 0.29) is 0 Å². The van der Waals surface area contributed by atoms with Gasteiger partial charge in [-0.3, -0.25) is 0 Å². The molecule has 0 bridgehead atoms. The zero-order valence-corrected chi connectivity index (χ0v) is 18.9. The Labute approximate surface area is 199 Å². The fourth-order valence-electron chi connectivity index (χ4n) is 5.78. The van der Waals surface area contributed by atoms with Gasteiger partial charge in [0.05, 0.1) is 0 Å². The molecule has 2 aliphatic carbocycles. The first-order chi connectivity index (χ1) is 16.9. The molecule has 0 amide bonds. The summed E-state index contributed by atoms with van der Waals surface area (Å²) in [6.07, 6.45) is 14.6. The van der Waals surface area contributed by atoms with Crippen molar-refractivity contribution in [1.82, 2.24) is 0 Å². The van der Waals surface area contributed by atoms with Crippen LogP contribution in [0.5, 0.6) is 0 Å². The molecule has 0 aromatic heterocycles. The van der Waals surface area contributed by atoms with Crippen molar-refractivity contribution < 1.29 is 0 Å². The molecule has 0 heteroatoms. The van der Waals surface area contributed by atoms with E-state index in [0.29, 0.717) is 5.92 Å². The van der Waals surface area contributed by atoms with Crippen molar-refractivity contribution in [3.63, 3.8) is 0 Å². The van der Waals surface area contributed by atoms with Crippen LogP contribution in [0.3, 0.4) is 0 Å². The maximum Gasteiger partial charge on any atom is 0.00617 e. The molecule has 0 heterocycles. The molecular formula is C34H24. The topological polar surface area (TPSA) is 0 Å². The number of allylic oxidation sites excluding steroid dienone is 8. The summed E-state index contributed by atoms with van der Waals surface area (Å²) in [4.78, 5) is 0. The van der Waals surface area contributed by atoms with Crippen molar-refractivity contribution in [2.45, 2.75) is 6.42 Å². The summed E-state index contributed by atoms with van der Waals surface area (Å²) in [7, 11) is 0. The van der Waals surface area contributed by atoms with Gasteiger partial charge in [0.15, 0.2) is 0 Å². The quantitative estimate of drug-likeness (QED) is 0.244. The lowest BCUT2D eigenvalue weighted by molar-refractivity contribution is 0.794. The highest BCUT2D eigenvalue weighted by atomic mass is 14.3. The molecule has 0 N–H and O–H groups in total. The van der Waals surface area contributed by atoms with Gasteiger partial charge in [-0.2, -0.15) is 0 Å². The zero-order chi connectivity index (χ0) is 22.5. The molecule has 0 saturated heterocycles. The van der Waals surface area contributed by atoms with Gasteiger partial charge >= 0.3 is 0 Å². The molecule has 34 heavy (non-hydrogen) atoms. The number of hydrogen-bond donors (Lipinski definition) is 0. The Kier molecular flexibility index (Phi) is 4.38. The SMILES string of the molecule is C1=CC2=CC=C(c3c4ccccc4c(-c4ccc5ccccc5c4)c4ccccc34)CC2C=C1. The Hall–Kier alpha value is -4.16. The molecule has 7 rings (SSSR count). The fraction of sp³-hybridized carbons (Fsp3) is 0.0588. The molecule has 5 aromatic carbocycles. The average Bonchev–Trinajstić information content (AvgIpc) is 2.91. The minimum absolute atomic E-state index is 0.461. The van der Waals surface area contributed by atoms with E-state index in [2.05, 4.69) is 127 Å². The largest absolute Gasteiger partial charge is 0.0767 e. The van der Waals surface area contributed by atoms with Crippen LogP contribution in [-0.4, -0.2) is 0 Å². The van der Waals surface area contributed by atoms with E-state index in [0.717, 1.165) is 6.42 Å². The maximum atomic E-state index is 2.35. The molecule has 0 aliphatic heterocycles. The summed E-state index contributed by atoms with van der Waals surface area (Å²) in [5, 5.41) is 7.87. The van der Waals surface area contributed by atoms with Gasteiger partial charge in [-0.1, -0.05) is 121 Å². The first-order valence-corrected chi connectivity index (χ1v) is 12.1. The highest BCUT2D eigenvalue weighted by Crippen LogP contribution is 2.45. The molecule has 0 radical (unpaired) electrons. The summed E-state index contributed by atoms with van der Waals surface area (Å²) in [6.45, 7) is 0. The molecule has 0 nitrogen and oxygen atoms in total. The fourth-order valence-corrected chi connectivity index (χ4v) is 5.78. The third kappa shape index (κ3) is 2.99. The lowest BCUT2D eigenvalue weighted by Gasteiger charge is -2.25. The zero-order valence-electron chi connectivity index (χ0n) is 18.9. The van der Waals surface area contributed by atoms with Crippen LogP contribution < -0.4 is 0 Å². The van der Waals surface area contributed by atoms with E-state index in [1.54, 1.807) is 0 Å². The molecule has 160 valence electrons. The Morgan fingerprint density at radius 2 is 1.21 bits per heavy atom. The number of benzene rings is 5. The van der Waals surface area contributed by atoms with Gasteiger partial charge in [0.25, 0.3) is 0 Å². The van der Waals surface area contributed by atoms with Crippen LogP contribution >= 0.6 is 0 Å². The minimum Gasteiger partial charge on any atom is -0.0767 e. The van der Waals surface area contributed by atoms with Gasteiger partial charge < -0.3 is 0 Å². The second-order valence-electron chi connectivity index (χ2n) is 9.32. The smallest absolute Gasteiger partial charge is 0.00617 e. The Balaban J connectivity index is 1.55. The van der Waals surface area contributed by atoms with Crippen LogP contribution in [0.15, 0.2) is 133 Å². The van der Waals surface area contributed by atoms with Gasteiger partial charge in [0, 0.05) is 5.92 Å². The highest BCUT2D eigenvalue weighted by Gasteiger charge is 2.22. The van der Waals surface area contributed by atoms with Crippen LogP contribution in [0.25, 0.3) is 49.0 Å². The summed E-state index contributed by atoms with van der Waals surface area (Å²) < 4.78 is 0. The van der Waals surface area contributed by atoms with Crippen molar-refractivity contribution in [2.75, 3.05) is 0 Å². The molecule has 5 aromatic rings. The predicted molar refractivity (Wildman–Crippen MR) is 147 cm³/mol. The lowest BCUT2D eigenvalue weighted by atomic mass is 9.79. The summed E-state index contributed by atoms with van der Waals surface area (Å²) >= 11 is 0. The normalized spacial score (nSPS) is 17.1. The van der Waals surface area contributed by atoms with Crippen molar-refractivity contribution in [3.8, 4) is 11.1 Å². The average molecular weight is 433 g/mol. The van der Waals surface area contributed by atoms with Crippen molar-refractivity contribution in [2.24, 2.45) is 5.92 Å². The van der Waals surface area contributed by atoms with Crippen molar-refractivity contribution >= 4 is 37.9 Å². The number of rotatable bonds is 2. The van der Waals surface area contributed by atoms with Crippen molar-refractivity contribution in [1.29, 1.82) is 0 Å². The van der Waals surface area contributed by atoms with Gasteiger partial charge in [-0.25, -0.2) is 0 Å². The van der Waals surface area contributed by atoms with Crippen LogP contribution in [-0.2, 0) is 0 Å². The lowest BCUT2D eigenvalue weighted by Crippen LogP contribution is -2.07. The van der Waals surface area contributed by atoms with Crippen LogP contribution in [0, 0.1) is 5.92 Å². The molecule has 1 unspecified atom stereocenters.